The van der Waals surface area contributed by atoms with E-state index in [1.165, 1.54) is 4.68 Å². The molecule has 1 unspecified atom stereocenters. The van der Waals surface area contributed by atoms with E-state index in [-0.39, 0.29) is 6.04 Å². The Morgan fingerprint density at radius 2 is 2.05 bits per heavy atom. The number of halogens is 2. The zero-order valence-electron chi connectivity index (χ0n) is 11.6. The number of nitrogens with one attached hydrogen (secondary N) is 1. The molecule has 0 aliphatic rings. The molecular weight excluding hydrogens is 323 g/mol. The van der Waals surface area contributed by atoms with Gasteiger partial charge in [-0.2, -0.15) is 4.68 Å². The van der Waals surface area contributed by atoms with Gasteiger partial charge in [0.25, 0.3) is 0 Å². The van der Waals surface area contributed by atoms with Crippen LogP contribution in [-0.2, 0) is 0 Å². The van der Waals surface area contributed by atoms with Crippen LogP contribution in [0.1, 0.15) is 18.5 Å². The van der Waals surface area contributed by atoms with Crippen molar-refractivity contribution in [2.24, 2.45) is 0 Å². The molecule has 0 radical (unpaired) electrons. The van der Waals surface area contributed by atoms with Gasteiger partial charge >= 0.3 is 0 Å². The van der Waals surface area contributed by atoms with Crippen molar-refractivity contribution in [3.05, 3.63) is 58.3 Å². The second-order valence-corrected chi connectivity index (χ2v) is 5.42. The Kier molecular flexibility index (Phi) is 4.22. The molecule has 0 spiro atoms. The van der Waals surface area contributed by atoms with Crippen molar-refractivity contribution in [2.75, 3.05) is 5.32 Å². The van der Waals surface area contributed by atoms with Crippen LogP contribution in [0.3, 0.4) is 0 Å². The van der Waals surface area contributed by atoms with Crippen molar-refractivity contribution in [3.8, 4) is 5.69 Å². The van der Waals surface area contributed by atoms with Crippen molar-refractivity contribution < 1.29 is 0 Å². The number of benzene rings is 1. The van der Waals surface area contributed by atoms with E-state index in [1.807, 2.05) is 19.1 Å². The van der Waals surface area contributed by atoms with Gasteiger partial charge in [-0.05, 0) is 41.1 Å². The minimum atomic E-state index is -0.0172. The van der Waals surface area contributed by atoms with Crippen molar-refractivity contribution >= 4 is 29.2 Å². The first-order valence-corrected chi connectivity index (χ1v) is 7.31. The number of nitrogens with zero attached hydrogens (tertiary/aromatic N) is 5. The number of anilines is 1. The van der Waals surface area contributed by atoms with Gasteiger partial charge in [0, 0.05) is 12.4 Å². The molecular formula is C14H12Cl2N6. The third kappa shape index (κ3) is 2.88. The van der Waals surface area contributed by atoms with Gasteiger partial charge in [-0.1, -0.05) is 40.4 Å². The van der Waals surface area contributed by atoms with E-state index in [2.05, 4.69) is 25.8 Å². The highest BCUT2D eigenvalue weighted by Gasteiger charge is 2.15. The van der Waals surface area contributed by atoms with Crippen molar-refractivity contribution in [3.63, 3.8) is 0 Å². The minimum absolute atomic E-state index is 0.0172. The summed E-state index contributed by atoms with van der Waals surface area (Å²) in [6.07, 6.45) is 3.52. The Hall–Kier alpha value is -2.18. The summed E-state index contributed by atoms with van der Waals surface area (Å²) >= 11 is 12.3. The highest BCUT2D eigenvalue weighted by atomic mass is 35.5. The maximum atomic E-state index is 6.22. The molecule has 0 saturated heterocycles. The largest absolute Gasteiger partial charge is 0.346 e. The normalized spacial score (nSPS) is 12.1. The summed E-state index contributed by atoms with van der Waals surface area (Å²) in [7, 11) is 0. The third-order valence-corrected chi connectivity index (χ3v) is 3.97. The Balaban J connectivity index is 1.91. The van der Waals surface area contributed by atoms with Gasteiger partial charge in [-0.3, -0.25) is 4.98 Å². The SMILES string of the molecule is CC(Nc1nnnn1-c1cccc(Cl)c1Cl)c1cccnc1. The molecule has 0 amide bonds. The summed E-state index contributed by atoms with van der Waals surface area (Å²) in [5, 5.41) is 15.7. The molecule has 0 aliphatic carbocycles. The summed E-state index contributed by atoms with van der Waals surface area (Å²) in [6, 6.07) is 9.14. The molecule has 1 aromatic carbocycles. The van der Waals surface area contributed by atoms with E-state index < -0.39 is 0 Å². The summed E-state index contributed by atoms with van der Waals surface area (Å²) in [4.78, 5) is 4.10. The van der Waals surface area contributed by atoms with E-state index in [0.29, 0.717) is 21.7 Å². The van der Waals surface area contributed by atoms with Crippen LogP contribution in [0.4, 0.5) is 5.95 Å². The monoisotopic (exact) mass is 334 g/mol. The van der Waals surface area contributed by atoms with Crippen molar-refractivity contribution in [2.45, 2.75) is 13.0 Å². The van der Waals surface area contributed by atoms with Crippen molar-refractivity contribution in [1.82, 2.24) is 25.2 Å². The van der Waals surface area contributed by atoms with Crippen LogP contribution in [0.2, 0.25) is 10.0 Å². The molecule has 112 valence electrons. The lowest BCUT2D eigenvalue weighted by atomic mass is 10.1. The molecule has 0 aliphatic heterocycles. The van der Waals surface area contributed by atoms with E-state index in [4.69, 9.17) is 23.2 Å². The van der Waals surface area contributed by atoms with Crippen LogP contribution >= 0.6 is 23.2 Å². The predicted octanol–water partition coefficient (Wildman–Crippen LogP) is 3.54. The summed E-state index contributed by atoms with van der Waals surface area (Å²) in [5.74, 6) is 0.473. The smallest absolute Gasteiger partial charge is 0.248 e. The fraction of sp³-hybridized carbons (Fsp3) is 0.143. The van der Waals surface area contributed by atoms with E-state index in [9.17, 15) is 0 Å². The molecule has 8 heteroatoms. The predicted molar refractivity (Wildman–Crippen MR) is 85.4 cm³/mol. The van der Waals surface area contributed by atoms with Gasteiger partial charge in [-0.25, -0.2) is 0 Å². The summed E-state index contributed by atoms with van der Waals surface area (Å²) < 4.78 is 1.51. The third-order valence-electron chi connectivity index (χ3n) is 3.16. The quantitative estimate of drug-likeness (QED) is 0.790. The van der Waals surface area contributed by atoms with Crippen LogP contribution in [0.25, 0.3) is 5.69 Å². The maximum absolute atomic E-state index is 6.22. The molecule has 3 rings (SSSR count). The molecule has 0 saturated carbocycles. The second-order valence-electron chi connectivity index (χ2n) is 4.64. The van der Waals surface area contributed by atoms with Gasteiger partial charge in [0.15, 0.2) is 0 Å². The fourth-order valence-electron chi connectivity index (χ4n) is 2.00. The van der Waals surface area contributed by atoms with Crippen LogP contribution < -0.4 is 5.32 Å². The summed E-state index contributed by atoms with van der Waals surface area (Å²) in [5.41, 5.74) is 1.63. The first kappa shape index (κ1) is 14.7. The zero-order valence-corrected chi connectivity index (χ0v) is 13.1. The molecule has 0 fully saturated rings. The number of hydrogen-bond donors (Lipinski definition) is 1. The Morgan fingerprint density at radius 3 is 2.82 bits per heavy atom. The average molecular weight is 335 g/mol. The number of aromatic nitrogens is 5. The van der Waals surface area contributed by atoms with Gasteiger partial charge in [0.05, 0.1) is 21.8 Å². The van der Waals surface area contributed by atoms with Gasteiger partial charge in [0.2, 0.25) is 5.95 Å². The number of tetrazole rings is 1. The van der Waals surface area contributed by atoms with Crippen LogP contribution in [0.5, 0.6) is 0 Å². The minimum Gasteiger partial charge on any atom is -0.346 e. The molecule has 2 aromatic heterocycles. The number of pyridine rings is 1. The molecule has 3 aromatic rings. The van der Waals surface area contributed by atoms with Crippen LogP contribution in [0.15, 0.2) is 42.7 Å². The van der Waals surface area contributed by atoms with E-state index >= 15 is 0 Å². The molecule has 22 heavy (non-hydrogen) atoms. The molecule has 1 atom stereocenters. The fourth-order valence-corrected chi connectivity index (χ4v) is 2.38. The lowest BCUT2D eigenvalue weighted by Gasteiger charge is -2.15. The Morgan fingerprint density at radius 1 is 1.18 bits per heavy atom. The second kappa shape index (κ2) is 6.29. The van der Waals surface area contributed by atoms with Crippen molar-refractivity contribution in [1.29, 1.82) is 0 Å². The summed E-state index contributed by atoms with van der Waals surface area (Å²) in [6.45, 7) is 2.00. The lowest BCUT2D eigenvalue weighted by Crippen LogP contribution is -2.12. The lowest BCUT2D eigenvalue weighted by molar-refractivity contribution is 0.780. The molecule has 2 heterocycles. The van der Waals surface area contributed by atoms with Crippen LogP contribution in [0, 0.1) is 0 Å². The average Bonchev–Trinajstić information content (AvgIpc) is 2.99. The van der Waals surface area contributed by atoms with Crippen LogP contribution in [-0.4, -0.2) is 25.2 Å². The Labute approximate surface area is 137 Å². The molecule has 1 N–H and O–H groups in total. The Bertz CT molecular complexity index is 774. The standard InChI is InChI=1S/C14H12Cl2N6/c1-9(10-4-3-7-17-8-10)18-14-19-20-21-22(14)12-6-2-5-11(15)13(12)16/h2-9H,1H3,(H,18,19,21). The zero-order chi connectivity index (χ0) is 15.5. The highest BCUT2D eigenvalue weighted by Crippen LogP contribution is 2.29. The van der Waals surface area contributed by atoms with E-state index in [1.54, 1.807) is 30.6 Å². The maximum Gasteiger partial charge on any atom is 0.248 e. The van der Waals surface area contributed by atoms with Gasteiger partial charge in [-0.15, -0.1) is 0 Å². The van der Waals surface area contributed by atoms with E-state index in [0.717, 1.165) is 5.56 Å². The highest BCUT2D eigenvalue weighted by molar-refractivity contribution is 6.43. The van der Waals surface area contributed by atoms with Gasteiger partial charge < -0.3 is 5.32 Å². The van der Waals surface area contributed by atoms with Gasteiger partial charge in [0.1, 0.15) is 0 Å². The number of hydrogen-bond acceptors (Lipinski definition) is 5. The molecule has 0 bridgehead atoms. The topological polar surface area (TPSA) is 68.5 Å². The first-order valence-electron chi connectivity index (χ1n) is 6.56. The molecule has 6 nitrogen and oxygen atoms in total. The first-order chi connectivity index (χ1) is 10.7. The number of rotatable bonds is 4.